The molecule has 9 nitrogen and oxygen atoms in total. The van der Waals surface area contributed by atoms with Crippen LogP contribution in [-0.2, 0) is 0 Å². The summed E-state index contributed by atoms with van der Waals surface area (Å²) in [5.41, 5.74) is 0. The molecular weight excluding hydrogens is 456 g/mol. The summed E-state index contributed by atoms with van der Waals surface area (Å²) in [6.45, 7) is 3.40. The van der Waals surface area contributed by atoms with Gasteiger partial charge in [-0.3, -0.25) is 0 Å². The van der Waals surface area contributed by atoms with Gasteiger partial charge in [0.2, 0.25) is 17.8 Å². The Balaban J connectivity index is 2.40. The molecule has 0 bridgehead atoms. The van der Waals surface area contributed by atoms with E-state index in [0.29, 0.717) is 37.7 Å². The minimum absolute atomic E-state index is 0.295. The number of anilines is 3. The zero-order valence-electron chi connectivity index (χ0n) is 22.7. The van der Waals surface area contributed by atoms with E-state index in [1.165, 1.54) is 38.5 Å². The molecule has 0 atom stereocenters. The summed E-state index contributed by atoms with van der Waals surface area (Å²) in [6, 6.07) is 0. The third-order valence-corrected chi connectivity index (χ3v) is 6.24. The van der Waals surface area contributed by atoms with Gasteiger partial charge in [0.25, 0.3) is 0 Å². The van der Waals surface area contributed by atoms with Gasteiger partial charge in [-0.25, -0.2) is 0 Å². The van der Waals surface area contributed by atoms with Crippen molar-refractivity contribution in [3.8, 4) is 0 Å². The largest absolute Gasteiger partial charge is 0.396 e. The molecule has 0 aliphatic carbocycles. The van der Waals surface area contributed by atoms with Crippen molar-refractivity contribution in [3.05, 3.63) is 0 Å². The molecule has 0 aromatic carbocycles. The van der Waals surface area contributed by atoms with Crippen molar-refractivity contribution in [1.29, 1.82) is 0 Å². The lowest BCUT2D eigenvalue weighted by Crippen LogP contribution is -2.14. The maximum atomic E-state index is 8.86. The highest BCUT2D eigenvalue weighted by molar-refractivity contribution is 5.42. The van der Waals surface area contributed by atoms with Crippen LogP contribution in [0.3, 0.4) is 0 Å². The quantitative estimate of drug-likeness (QED) is 0.0893. The van der Waals surface area contributed by atoms with E-state index in [1.807, 2.05) is 0 Å². The van der Waals surface area contributed by atoms with Crippen molar-refractivity contribution in [3.63, 3.8) is 0 Å². The molecule has 0 amide bonds. The molecule has 0 unspecified atom stereocenters. The zero-order valence-corrected chi connectivity index (χ0v) is 22.7. The molecule has 6 N–H and O–H groups in total. The monoisotopic (exact) mass is 510 g/mol. The lowest BCUT2D eigenvalue weighted by molar-refractivity contribution is 0.282. The molecule has 36 heavy (non-hydrogen) atoms. The van der Waals surface area contributed by atoms with Gasteiger partial charge in [-0.05, 0) is 38.5 Å². The van der Waals surface area contributed by atoms with Gasteiger partial charge in [0, 0.05) is 39.5 Å². The first kappa shape index (κ1) is 32.3. The second kappa shape index (κ2) is 25.0. The van der Waals surface area contributed by atoms with E-state index in [4.69, 9.17) is 15.3 Å². The number of nitrogens with one attached hydrogen (secondary N) is 3. The summed E-state index contributed by atoms with van der Waals surface area (Å²) in [6.07, 6.45) is 19.8. The highest BCUT2D eigenvalue weighted by atomic mass is 16.3. The van der Waals surface area contributed by atoms with Gasteiger partial charge in [-0.1, -0.05) is 77.0 Å². The molecule has 0 aliphatic heterocycles. The Hall–Kier alpha value is -1.71. The first-order valence-electron chi connectivity index (χ1n) is 14.6. The van der Waals surface area contributed by atoms with E-state index in [1.54, 1.807) is 0 Å². The molecule has 0 fully saturated rings. The predicted octanol–water partition coefficient (Wildman–Crippen LogP) is 5.11. The van der Waals surface area contributed by atoms with Gasteiger partial charge in [-0.15, -0.1) is 0 Å². The Morgan fingerprint density at radius 2 is 0.556 bits per heavy atom. The summed E-state index contributed by atoms with van der Waals surface area (Å²) >= 11 is 0. The summed E-state index contributed by atoms with van der Waals surface area (Å²) in [4.78, 5) is 13.7. The van der Waals surface area contributed by atoms with Crippen molar-refractivity contribution in [1.82, 2.24) is 15.0 Å². The van der Waals surface area contributed by atoms with Crippen molar-refractivity contribution in [2.45, 2.75) is 116 Å². The molecule has 1 heterocycles. The van der Waals surface area contributed by atoms with Gasteiger partial charge in [0.05, 0.1) is 0 Å². The van der Waals surface area contributed by atoms with Crippen LogP contribution in [0.1, 0.15) is 116 Å². The highest BCUT2D eigenvalue weighted by Crippen LogP contribution is 2.12. The third kappa shape index (κ3) is 19.5. The number of hydrogen-bond donors (Lipinski definition) is 6. The molecule has 1 aromatic heterocycles. The van der Waals surface area contributed by atoms with Crippen molar-refractivity contribution >= 4 is 17.8 Å². The maximum Gasteiger partial charge on any atom is 0.229 e. The number of aliphatic hydroxyl groups is 3. The standard InChI is InChI=1S/C27H54N6O3/c34-22-16-10-4-1-7-13-19-28-25-31-26(29-20-14-8-2-5-11-17-23-35)33-27(32-25)30-21-15-9-3-6-12-18-24-36/h34-36H,1-24H2,(H3,28,29,30,31,32,33). The summed E-state index contributed by atoms with van der Waals surface area (Å²) in [5, 5.41) is 36.7. The van der Waals surface area contributed by atoms with E-state index in [0.717, 1.165) is 96.7 Å². The fourth-order valence-corrected chi connectivity index (χ4v) is 4.05. The van der Waals surface area contributed by atoms with Crippen molar-refractivity contribution in [2.24, 2.45) is 0 Å². The lowest BCUT2D eigenvalue weighted by atomic mass is 10.1. The molecule has 0 saturated heterocycles. The van der Waals surface area contributed by atoms with Gasteiger partial charge in [-0.2, -0.15) is 15.0 Å². The van der Waals surface area contributed by atoms with E-state index in [9.17, 15) is 0 Å². The van der Waals surface area contributed by atoms with Crippen molar-refractivity contribution in [2.75, 3.05) is 55.4 Å². The molecule has 210 valence electrons. The molecule has 1 rings (SSSR count). The summed E-state index contributed by atoms with van der Waals surface area (Å²) in [5.74, 6) is 1.84. The lowest BCUT2D eigenvalue weighted by Gasteiger charge is -2.11. The average Bonchev–Trinajstić information content (AvgIpc) is 2.89. The van der Waals surface area contributed by atoms with Crippen LogP contribution >= 0.6 is 0 Å². The Morgan fingerprint density at radius 1 is 0.333 bits per heavy atom. The molecule has 0 spiro atoms. The fraction of sp³-hybridized carbons (Fsp3) is 0.889. The molecule has 1 aromatic rings. The Labute approximate surface area is 219 Å². The van der Waals surface area contributed by atoms with Crippen LogP contribution in [0.15, 0.2) is 0 Å². The normalized spacial score (nSPS) is 11.1. The van der Waals surface area contributed by atoms with Crippen LogP contribution in [0.25, 0.3) is 0 Å². The topological polar surface area (TPSA) is 135 Å². The van der Waals surface area contributed by atoms with Crippen LogP contribution < -0.4 is 16.0 Å². The molecule has 0 aliphatic rings. The Morgan fingerprint density at radius 3 is 0.806 bits per heavy atom. The smallest absolute Gasteiger partial charge is 0.229 e. The van der Waals surface area contributed by atoms with E-state index < -0.39 is 0 Å². The second-order valence-corrected chi connectivity index (χ2v) is 9.62. The second-order valence-electron chi connectivity index (χ2n) is 9.62. The number of aliphatic hydroxyl groups excluding tert-OH is 3. The van der Waals surface area contributed by atoms with Crippen LogP contribution in [0.4, 0.5) is 17.8 Å². The van der Waals surface area contributed by atoms with Crippen LogP contribution in [0.5, 0.6) is 0 Å². The maximum absolute atomic E-state index is 8.86. The SMILES string of the molecule is OCCCCCCCCNc1nc(NCCCCCCCCO)nc(NCCCCCCCCO)n1. The number of nitrogens with zero attached hydrogens (tertiary/aromatic N) is 3. The van der Waals surface area contributed by atoms with E-state index in [-0.39, 0.29) is 0 Å². The fourth-order valence-electron chi connectivity index (χ4n) is 4.05. The van der Waals surface area contributed by atoms with Crippen LogP contribution in [0, 0.1) is 0 Å². The summed E-state index contributed by atoms with van der Waals surface area (Å²) < 4.78 is 0. The Bertz CT molecular complexity index is 516. The van der Waals surface area contributed by atoms with Gasteiger partial charge < -0.3 is 31.3 Å². The van der Waals surface area contributed by atoms with E-state index in [2.05, 4.69) is 30.9 Å². The number of unbranched alkanes of at least 4 members (excludes halogenated alkanes) is 15. The van der Waals surface area contributed by atoms with Crippen LogP contribution in [0.2, 0.25) is 0 Å². The summed E-state index contributed by atoms with van der Waals surface area (Å²) in [7, 11) is 0. The number of hydrogen-bond acceptors (Lipinski definition) is 9. The zero-order chi connectivity index (χ0) is 25.9. The van der Waals surface area contributed by atoms with E-state index >= 15 is 0 Å². The average molecular weight is 511 g/mol. The molecule has 0 radical (unpaired) electrons. The molecule has 0 saturated carbocycles. The van der Waals surface area contributed by atoms with Crippen molar-refractivity contribution < 1.29 is 15.3 Å². The predicted molar refractivity (Wildman–Crippen MR) is 150 cm³/mol. The first-order chi connectivity index (χ1) is 17.8. The Kier molecular flexibility index (Phi) is 22.4. The van der Waals surface area contributed by atoms with Gasteiger partial charge >= 0.3 is 0 Å². The highest BCUT2D eigenvalue weighted by Gasteiger charge is 2.06. The third-order valence-electron chi connectivity index (χ3n) is 6.24. The first-order valence-corrected chi connectivity index (χ1v) is 14.6. The molecule has 9 heteroatoms. The number of rotatable bonds is 27. The van der Waals surface area contributed by atoms with Gasteiger partial charge in [0.15, 0.2) is 0 Å². The minimum atomic E-state index is 0.295. The molecular formula is C27H54N6O3. The number of aromatic nitrogens is 3. The minimum Gasteiger partial charge on any atom is -0.396 e. The van der Waals surface area contributed by atoms with Gasteiger partial charge in [0.1, 0.15) is 0 Å². The van der Waals surface area contributed by atoms with Crippen LogP contribution in [-0.4, -0.2) is 69.7 Å².